The Kier molecular flexibility index (Phi) is 3.91. The van der Waals surface area contributed by atoms with Gasteiger partial charge >= 0.3 is 0 Å². The third-order valence-corrected chi connectivity index (χ3v) is 6.64. The Morgan fingerprint density at radius 2 is 2.14 bits per heavy atom. The molecule has 2 fully saturated rings. The molecule has 1 unspecified atom stereocenters. The summed E-state index contributed by atoms with van der Waals surface area (Å²) >= 11 is 1.96. The quantitative estimate of drug-likeness (QED) is 0.910. The highest BCUT2D eigenvalue weighted by molar-refractivity contribution is 7.99. The van der Waals surface area contributed by atoms with Gasteiger partial charge in [-0.25, -0.2) is 0 Å². The number of benzene rings is 1. The number of anilines is 1. The summed E-state index contributed by atoms with van der Waals surface area (Å²) in [5.74, 6) is 2.53. The minimum atomic E-state index is 0.251. The number of hydrogen-bond acceptors (Lipinski definition) is 3. The van der Waals surface area contributed by atoms with Crippen molar-refractivity contribution < 1.29 is 4.79 Å². The maximum Gasteiger partial charge on any atom is 0.228 e. The van der Waals surface area contributed by atoms with E-state index < -0.39 is 0 Å². The molecule has 1 aliphatic carbocycles. The van der Waals surface area contributed by atoms with E-state index in [1.54, 1.807) is 0 Å². The van der Waals surface area contributed by atoms with Crippen molar-refractivity contribution in [1.82, 2.24) is 5.32 Å². The standard InChI is InChI=1S/C18H24N2OS/c21-17(11-14-12-22-10-9-19-14)20-13-18(7-3-4-8-18)15-5-1-2-6-16(15)20/h1-2,5-6,14,19H,3-4,7-13H2. The summed E-state index contributed by atoms with van der Waals surface area (Å²) in [7, 11) is 0. The Hall–Kier alpha value is -1.00. The van der Waals surface area contributed by atoms with Crippen LogP contribution in [0.4, 0.5) is 5.69 Å². The fraction of sp³-hybridized carbons (Fsp3) is 0.611. The number of nitrogens with zero attached hydrogens (tertiary/aromatic N) is 1. The van der Waals surface area contributed by atoms with E-state index in [4.69, 9.17) is 0 Å². The number of hydrogen-bond donors (Lipinski definition) is 1. The molecule has 4 rings (SSSR count). The van der Waals surface area contributed by atoms with Crippen LogP contribution in [0.1, 0.15) is 37.7 Å². The van der Waals surface area contributed by atoms with E-state index in [2.05, 4.69) is 34.5 Å². The zero-order chi connectivity index (χ0) is 15.0. The maximum atomic E-state index is 12.9. The summed E-state index contributed by atoms with van der Waals surface area (Å²) in [6.07, 6.45) is 5.72. The lowest BCUT2D eigenvalue weighted by Gasteiger charge is -2.27. The molecule has 1 saturated heterocycles. The molecule has 1 spiro atoms. The molecule has 1 amide bonds. The molecule has 4 heteroatoms. The Labute approximate surface area is 136 Å². The molecule has 0 bridgehead atoms. The van der Waals surface area contributed by atoms with Crippen molar-refractivity contribution in [1.29, 1.82) is 0 Å². The third kappa shape index (κ3) is 2.46. The van der Waals surface area contributed by atoms with Gasteiger partial charge in [-0.2, -0.15) is 11.8 Å². The molecule has 118 valence electrons. The molecular weight excluding hydrogens is 292 g/mol. The van der Waals surface area contributed by atoms with Crippen LogP contribution in [0, 0.1) is 0 Å². The van der Waals surface area contributed by atoms with Crippen LogP contribution in [-0.2, 0) is 10.2 Å². The number of rotatable bonds is 2. The summed E-state index contributed by atoms with van der Waals surface area (Å²) in [5.41, 5.74) is 2.85. The van der Waals surface area contributed by atoms with Crippen molar-refractivity contribution in [2.45, 2.75) is 43.6 Å². The lowest BCUT2D eigenvalue weighted by Crippen LogP contribution is -2.43. The SMILES string of the molecule is O=C(CC1CSCCN1)N1CC2(CCCC2)c2ccccc21. The summed E-state index contributed by atoms with van der Waals surface area (Å²) in [6.45, 7) is 1.94. The topological polar surface area (TPSA) is 32.3 Å². The predicted octanol–water partition coefficient (Wildman–Crippen LogP) is 2.94. The smallest absolute Gasteiger partial charge is 0.228 e. The van der Waals surface area contributed by atoms with Gasteiger partial charge in [-0.15, -0.1) is 0 Å². The van der Waals surface area contributed by atoms with Gasteiger partial charge in [0.15, 0.2) is 0 Å². The van der Waals surface area contributed by atoms with Gasteiger partial charge in [0.1, 0.15) is 0 Å². The molecule has 1 saturated carbocycles. The first-order valence-electron chi connectivity index (χ1n) is 8.50. The van der Waals surface area contributed by atoms with E-state index in [1.165, 1.54) is 42.7 Å². The van der Waals surface area contributed by atoms with E-state index in [0.717, 1.165) is 18.8 Å². The monoisotopic (exact) mass is 316 g/mol. The highest BCUT2D eigenvalue weighted by Gasteiger charge is 2.46. The van der Waals surface area contributed by atoms with Crippen LogP contribution < -0.4 is 10.2 Å². The predicted molar refractivity (Wildman–Crippen MR) is 92.7 cm³/mol. The van der Waals surface area contributed by atoms with Crippen LogP contribution in [-0.4, -0.2) is 36.5 Å². The molecule has 2 aliphatic heterocycles. The van der Waals surface area contributed by atoms with Crippen molar-refractivity contribution in [3.05, 3.63) is 29.8 Å². The number of fused-ring (bicyclic) bond motifs is 2. The molecule has 1 N–H and O–H groups in total. The van der Waals surface area contributed by atoms with Crippen molar-refractivity contribution in [3.63, 3.8) is 0 Å². The zero-order valence-corrected chi connectivity index (χ0v) is 13.8. The second-order valence-corrected chi connectivity index (χ2v) is 8.06. The molecular formula is C18H24N2OS. The normalized spacial score (nSPS) is 26.4. The molecule has 0 radical (unpaired) electrons. The number of carbonyl (C=O) groups is 1. The average Bonchev–Trinajstić information content (AvgIpc) is 3.15. The Morgan fingerprint density at radius 1 is 1.32 bits per heavy atom. The van der Waals surface area contributed by atoms with Crippen LogP contribution in [0.3, 0.4) is 0 Å². The number of amides is 1. The largest absolute Gasteiger partial charge is 0.312 e. The fourth-order valence-electron chi connectivity index (χ4n) is 4.40. The van der Waals surface area contributed by atoms with Gasteiger partial charge in [-0.05, 0) is 24.5 Å². The molecule has 1 aromatic carbocycles. The Morgan fingerprint density at radius 3 is 2.91 bits per heavy atom. The minimum Gasteiger partial charge on any atom is -0.312 e. The van der Waals surface area contributed by atoms with Crippen LogP contribution >= 0.6 is 11.8 Å². The van der Waals surface area contributed by atoms with Crippen LogP contribution in [0.5, 0.6) is 0 Å². The number of para-hydroxylation sites is 1. The first kappa shape index (κ1) is 14.6. The molecule has 3 aliphatic rings. The van der Waals surface area contributed by atoms with E-state index in [-0.39, 0.29) is 5.41 Å². The molecule has 22 heavy (non-hydrogen) atoms. The average molecular weight is 316 g/mol. The molecule has 2 heterocycles. The Bertz CT molecular complexity index is 562. The zero-order valence-electron chi connectivity index (χ0n) is 13.0. The first-order valence-corrected chi connectivity index (χ1v) is 9.65. The van der Waals surface area contributed by atoms with Crippen molar-refractivity contribution in [3.8, 4) is 0 Å². The second kappa shape index (κ2) is 5.89. The van der Waals surface area contributed by atoms with Gasteiger partial charge in [0.2, 0.25) is 5.91 Å². The van der Waals surface area contributed by atoms with Gasteiger partial charge in [0, 0.05) is 48.2 Å². The van der Waals surface area contributed by atoms with Gasteiger partial charge in [-0.3, -0.25) is 4.79 Å². The number of carbonyl (C=O) groups excluding carboxylic acids is 1. The molecule has 1 atom stereocenters. The first-order chi connectivity index (χ1) is 10.8. The summed E-state index contributed by atoms with van der Waals surface area (Å²) < 4.78 is 0. The number of thioether (sulfide) groups is 1. The van der Waals surface area contributed by atoms with Crippen molar-refractivity contribution in [2.24, 2.45) is 0 Å². The van der Waals surface area contributed by atoms with Crippen LogP contribution in [0.2, 0.25) is 0 Å². The van der Waals surface area contributed by atoms with E-state index in [9.17, 15) is 4.79 Å². The maximum absolute atomic E-state index is 12.9. The highest BCUT2D eigenvalue weighted by Crippen LogP contribution is 2.50. The summed E-state index contributed by atoms with van der Waals surface area (Å²) in [5, 5.41) is 3.49. The highest BCUT2D eigenvalue weighted by atomic mass is 32.2. The lowest BCUT2D eigenvalue weighted by molar-refractivity contribution is -0.119. The van der Waals surface area contributed by atoms with Gasteiger partial charge in [0.25, 0.3) is 0 Å². The third-order valence-electron chi connectivity index (χ3n) is 5.51. The van der Waals surface area contributed by atoms with E-state index >= 15 is 0 Å². The van der Waals surface area contributed by atoms with E-state index in [0.29, 0.717) is 18.4 Å². The number of nitrogens with one attached hydrogen (secondary N) is 1. The van der Waals surface area contributed by atoms with Crippen LogP contribution in [0.15, 0.2) is 24.3 Å². The molecule has 1 aromatic rings. The van der Waals surface area contributed by atoms with Gasteiger partial charge < -0.3 is 10.2 Å². The van der Waals surface area contributed by atoms with Gasteiger partial charge in [-0.1, -0.05) is 31.0 Å². The molecule has 0 aromatic heterocycles. The second-order valence-electron chi connectivity index (χ2n) is 6.91. The van der Waals surface area contributed by atoms with Crippen molar-refractivity contribution in [2.75, 3.05) is 29.5 Å². The minimum absolute atomic E-state index is 0.251. The summed E-state index contributed by atoms with van der Waals surface area (Å²) in [4.78, 5) is 15.0. The van der Waals surface area contributed by atoms with E-state index in [1.807, 2.05) is 11.8 Å². The van der Waals surface area contributed by atoms with Crippen molar-refractivity contribution >= 4 is 23.4 Å². The lowest BCUT2D eigenvalue weighted by atomic mass is 9.81. The molecule has 3 nitrogen and oxygen atoms in total. The van der Waals surface area contributed by atoms with Gasteiger partial charge in [0.05, 0.1) is 0 Å². The Balaban J connectivity index is 1.56. The summed E-state index contributed by atoms with van der Waals surface area (Å²) in [6, 6.07) is 8.94. The fourth-order valence-corrected chi connectivity index (χ4v) is 5.35. The van der Waals surface area contributed by atoms with Crippen LogP contribution in [0.25, 0.3) is 0 Å².